The van der Waals surface area contributed by atoms with Crippen molar-refractivity contribution in [3.05, 3.63) is 82.6 Å². The van der Waals surface area contributed by atoms with E-state index >= 15 is 0 Å². The summed E-state index contributed by atoms with van der Waals surface area (Å²) in [6, 6.07) is 16.3. The molecule has 6 nitrogen and oxygen atoms in total. The highest BCUT2D eigenvalue weighted by Gasteiger charge is 2.27. The standard InChI is InChI=1S/C25H21ClFN3O3/c1-15-11-21(23(33-2)12-18(15)26)29-24(31)14-30-22-6-4-3-5-19(22)28-20(13-25(30)32)16-7-9-17(27)10-8-16/h3-12H,13-14H2,1-2H3,(H,29,31). The molecule has 8 heteroatoms. The minimum absolute atomic E-state index is 0.0308. The van der Waals surface area contributed by atoms with Crippen molar-refractivity contribution >= 4 is 46.2 Å². The summed E-state index contributed by atoms with van der Waals surface area (Å²) >= 11 is 6.14. The summed E-state index contributed by atoms with van der Waals surface area (Å²) in [5.41, 5.74) is 3.46. The Balaban J connectivity index is 1.61. The summed E-state index contributed by atoms with van der Waals surface area (Å²) in [5.74, 6) is -0.643. The number of nitrogens with one attached hydrogen (secondary N) is 1. The largest absolute Gasteiger partial charge is 0.495 e. The number of aliphatic imine (C=N–C) groups is 1. The third kappa shape index (κ3) is 4.88. The van der Waals surface area contributed by atoms with Gasteiger partial charge in [0.15, 0.2) is 0 Å². The average molecular weight is 466 g/mol. The van der Waals surface area contributed by atoms with E-state index in [1.54, 1.807) is 48.5 Å². The maximum Gasteiger partial charge on any atom is 0.244 e. The maximum atomic E-state index is 13.4. The molecular formula is C25H21ClFN3O3. The number of amides is 2. The maximum absolute atomic E-state index is 13.4. The van der Waals surface area contributed by atoms with E-state index in [1.165, 1.54) is 24.1 Å². The van der Waals surface area contributed by atoms with Gasteiger partial charge in [-0.3, -0.25) is 14.6 Å². The van der Waals surface area contributed by atoms with Crippen molar-refractivity contribution in [3.8, 4) is 5.75 Å². The summed E-state index contributed by atoms with van der Waals surface area (Å²) in [6.07, 6.45) is -0.0308. The van der Waals surface area contributed by atoms with Gasteiger partial charge in [-0.2, -0.15) is 0 Å². The Morgan fingerprint density at radius 3 is 2.64 bits per heavy atom. The highest BCUT2D eigenvalue weighted by Crippen LogP contribution is 2.34. The molecule has 0 spiro atoms. The molecule has 0 atom stereocenters. The fraction of sp³-hybridized carbons (Fsp3) is 0.160. The number of hydrogen-bond donors (Lipinski definition) is 1. The Labute approximate surface area is 195 Å². The molecule has 0 bridgehead atoms. The van der Waals surface area contributed by atoms with Gasteiger partial charge in [0.05, 0.1) is 36.3 Å². The quantitative estimate of drug-likeness (QED) is 0.556. The number of benzene rings is 3. The minimum atomic E-state index is -0.400. The van der Waals surface area contributed by atoms with Crippen LogP contribution in [0.25, 0.3) is 0 Å². The third-order valence-electron chi connectivity index (χ3n) is 5.28. The average Bonchev–Trinajstić information content (AvgIpc) is 2.93. The van der Waals surface area contributed by atoms with Crippen LogP contribution in [0.2, 0.25) is 5.02 Å². The molecule has 0 aliphatic carbocycles. The van der Waals surface area contributed by atoms with Crippen LogP contribution >= 0.6 is 11.6 Å². The number of halogens is 2. The molecule has 1 heterocycles. The number of rotatable bonds is 5. The third-order valence-corrected chi connectivity index (χ3v) is 5.69. The highest BCUT2D eigenvalue weighted by molar-refractivity contribution is 6.31. The van der Waals surface area contributed by atoms with Gasteiger partial charge in [0, 0.05) is 11.1 Å². The molecule has 0 saturated carbocycles. The van der Waals surface area contributed by atoms with E-state index in [0.29, 0.717) is 39.1 Å². The van der Waals surface area contributed by atoms with Crippen molar-refractivity contribution in [3.63, 3.8) is 0 Å². The van der Waals surface area contributed by atoms with E-state index < -0.39 is 5.91 Å². The molecule has 168 valence electrons. The van der Waals surface area contributed by atoms with Gasteiger partial charge in [-0.25, -0.2) is 4.39 Å². The summed E-state index contributed by atoms with van der Waals surface area (Å²) in [4.78, 5) is 32.2. The monoisotopic (exact) mass is 465 g/mol. The lowest BCUT2D eigenvalue weighted by molar-refractivity contribution is -0.120. The number of para-hydroxylation sites is 2. The van der Waals surface area contributed by atoms with Crippen molar-refractivity contribution in [2.24, 2.45) is 4.99 Å². The molecule has 33 heavy (non-hydrogen) atoms. The zero-order chi connectivity index (χ0) is 23.5. The predicted molar refractivity (Wildman–Crippen MR) is 127 cm³/mol. The van der Waals surface area contributed by atoms with Gasteiger partial charge in [-0.15, -0.1) is 0 Å². The second kappa shape index (κ2) is 9.42. The van der Waals surface area contributed by atoms with Crippen LogP contribution < -0.4 is 15.0 Å². The molecule has 2 amide bonds. The van der Waals surface area contributed by atoms with Crippen LogP contribution in [0.5, 0.6) is 5.75 Å². The number of methoxy groups -OCH3 is 1. The van der Waals surface area contributed by atoms with E-state index in [4.69, 9.17) is 16.3 Å². The molecule has 0 radical (unpaired) electrons. The second-order valence-corrected chi connectivity index (χ2v) is 7.97. The Kier molecular flexibility index (Phi) is 6.42. The lowest BCUT2D eigenvalue weighted by Gasteiger charge is -2.22. The first-order chi connectivity index (χ1) is 15.9. The van der Waals surface area contributed by atoms with E-state index in [9.17, 15) is 14.0 Å². The number of nitrogens with zero attached hydrogens (tertiary/aromatic N) is 2. The van der Waals surface area contributed by atoms with Crippen molar-refractivity contribution in [1.82, 2.24) is 0 Å². The van der Waals surface area contributed by atoms with Crippen LogP contribution in [0.4, 0.5) is 21.5 Å². The van der Waals surface area contributed by atoms with Gasteiger partial charge >= 0.3 is 0 Å². The van der Waals surface area contributed by atoms with E-state index in [2.05, 4.69) is 10.3 Å². The molecular weight excluding hydrogens is 445 g/mol. The number of ether oxygens (including phenoxy) is 1. The lowest BCUT2D eigenvalue weighted by atomic mass is 10.1. The fourth-order valence-corrected chi connectivity index (χ4v) is 3.74. The topological polar surface area (TPSA) is 71.0 Å². The van der Waals surface area contributed by atoms with Crippen molar-refractivity contribution in [2.45, 2.75) is 13.3 Å². The van der Waals surface area contributed by atoms with E-state index in [1.807, 2.05) is 6.92 Å². The molecule has 0 saturated heterocycles. The highest BCUT2D eigenvalue weighted by atomic mass is 35.5. The van der Waals surface area contributed by atoms with Crippen LogP contribution in [-0.4, -0.2) is 31.2 Å². The number of hydrogen-bond acceptors (Lipinski definition) is 4. The Bertz CT molecular complexity index is 1260. The van der Waals surface area contributed by atoms with E-state index in [-0.39, 0.29) is 24.7 Å². The molecule has 1 N–H and O–H groups in total. The lowest BCUT2D eigenvalue weighted by Crippen LogP contribution is -2.38. The summed E-state index contributed by atoms with van der Waals surface area (Å²) < 4.78 is 18.7. The fourth-order valence-electron chi connectivity index (χ4n) is 3.59. The molecule has 3 aromatic rings. The van der Waals surface area contributed by atoms with Crippen LogP contribution in [0, 0.1) is 12.7 Å². The minimum Gasteiger partial charge on any atom is -0.495 e. The van der Waals surface area contributed by atoms with Gasteiger partial charge < -0.3 is 15.0 Å². The molecule has 4 rings (SSSR count). The summed E-state index contributed by atoms with van der Waals surface area (Å²) in [6.45, 7) is 1.60. The first-order valence-corrected chi connectivity index (χ1v) is 10.6. The number of carbonyl (C=O) groups is 2. The number of anilines is 2. The Morgan fingerprint density at radius 2 is 1.91 bits per heavy atom. The molecule has 0 aromatic heterocycles. The van der Waals surface area contributed by atoms with Crippen LogP contribution in [0.3, 0.4) is 0 Å². The van der Waals surface area contributed by atoms with Crippen molar-refractivity contribution in [1.29, 1.82) is 0 Å². The smallest absolute Gasteiger partial charge is 0.244 e. The van der Waals surface area contributed by atoms with Gasteiger partial charge in [0.1, 0.15) is 18.1 Å². The SMILES string of the molecule is COc1cc(Cl)c(C)cc1NC(=O)CN1C(=O)CC(c2ccc(F)cc2)=Nc2ccccc21. The van der Waals surface area contributed by atoms with E-state index in [0.717, 1.165) is 5.56 Å². The first-order valence-electron chi connectivity index (χ1n) is 10.2. The molecule has 0 fully saturated rings. The molecule has 1 aliphatic rings. The predicted octanol–water partition coefficient (Wildman–Crippen LogP) is 5.29. The molecule has 1 aliphatic heterocycles. The van der Waals surface area contributed by atoms with Gasteiger partial charge in [0.25, 0.3) is 0 Å². The van der Waals surface area contributed by atoms with Crippen LogP contribution in [-0.2, 0) is 9.59 Å². The Morgan fingerprint density at radius 1 is 1.18 bits per heavy atom. The van der Waals surface area contributed by atoms with Crippen LogP contribution in [0.1, 0.15) is 17.5 Å². The zero-order valence-electron chi connectivity index (χ0n) is 18.1. The van der Waals surface area contributed by atoms with Crippen molar-refractivity contribution < 1.29 is 18.7 Å². The first kappa shape index (κ1) is 22.5. The van der Waals surface area contributed by atoms with Gasteiger partial charge in [-0.1, -0.05) is 35.9 Å². The van der Waals surface area contributed by atoms with Crippen LogP contribution in [0.15, 0.2) is 65.7 Å². The Hall–Kier alpha value is -3.71. The van der Waals surface area contributed by atoms with Crippen molar-refractivity contribution in [2.75, 3.05) is 23.9 Å². The summed E-state index contributed by atoms with van der Waals surface area (Å²) in [7, 11) is 1.49. The zero-order valence-corrected chi connectivity index (χ0v) is 18.8. The normalized spacial score (nSPS) is 13.2. The summed E-state index contributed by atoms with van der Waals surface area (Å²) in [5, 5.41) is 3.32. The second-order valence-electron chi connectivity index (χ2n) is 7.56. The number of carbonyl (C=O) groups excluding carboxylic acids is 2. The molecule has 3 aromatic carbocycles. The van der Waals surface area contributed by atoms with Gasteiger partial charge in [0.2, 0.25) is 11.8 Å². The molecule has 0 unspecified atom stereocenters. The number of fused-ring (bicyclic) bond motifs is 1. The number of aryl methyl sites for hydroxylation is 1. The van der Waals surface area contributed by atoms with Gasteiger partial charge in [-0.05, 0) is 48.4 Å².